The predicted octanol–water partition coefficient (Wildman–Crippen LogP) is 4.09. The molecule has 0 bridgehead atoms. The monoisotopic (exact) mass is 381 g/mol. The highest BCUT2D eigenvalue weighted by atomic mass is 16.3. The van der Waals surface area contributed by atoms with E-state index in [1.54, 1.807) is 4.52 Å². The molecule has 0 aliphatic rings. The lowest BCUT2D eigenvalue weighted by Gasteiger charge is -2.13. The number of aliphatic hydroxyl groups excluding tert-OH is 1. The number of hydrogen-bond acceptors (Lipinski definition) is 5. The van der Waals surface area contributed by atoms with E-state index in [0.717, 1.165) is 21.9 Å². The van der Waals surface area contributed by atoms with Gasteiger partial charge in [0.2, 0.25) is 0 Å². The predicted molar refractivity (Wildman–Crippen MR) is 114 cm³/mol. The van der Waals surface area contributed by atoms with E-state index in [1.165, 1.54) is 0 Å². The molecule has 0 saturated heterocycles. The Balaban J connectivity index is 1.37. The highest BCUT2D eigenvalue weighted by Crippen LogP contribution is 2.21. The van der Waals surface area contributed by atoms with Gasteiger partial charge in [0.1, 0.15) is 5.82 Å². The van der Waals surface area contributed by atoms with Crippen molar-refractivity contribution >= 4 is 22.2 Å². The number of nitrogens with zero attached hydrogens (tertiary/aromatic N) is 4. The molecule has 29 heavy (non-hydrogen) atoms. The number of benzene rings is 3. The standard InChI is InChI=1S/C23H19N5O/c29-20(19-11-10-16-6-4-5-9-18(16)14-19)15-24-21-12-13-22-25-26-23(28(22)27-21)17-7-2-1-3-8-17/h1-14,20,29H,15H2,(H,24,27). The van der Waals surface area contributed by atoms with Crippen LogP contribution in [0.15, 0.2) is 84.9 Å². The summed E-state index contributed by atoms with van der Waals surface area (Å²) >= 11 is 0. The summed E-state index contributed by atoms with van der Waals surface area (Å²) in [7, 11) is 0. The molecular weight excluding hydrogens is 362 g/mol. The van der Waals surface area contributed by atoms with E-state index >= 15 is 0 Å². The highest BCUT2D eigenvalue weighted by Gasteiger charge is 2.12. The van der Waals surface area contributed by atoms with Gasteiger partial charge in [0.25, 0.3) is 0 Å². The Morgan fingerprint density at radius 1 is 0.828 bits per heavy atom. The molecule has 1 atom stereocenters. The van der Waals surface area contributed by atoms with E-state index in [1.807, 2.05) is 78.9 Å². The Kier molecular flexibility index (Phi) is 4.38. The summed E-state index contributed by atoms with van der Waals surface area (Å²) in [6.07, 6.45) is -0.647. The van der Waals surface area contributed by atoms with Gasteiger partial charge in [0.05, 0.1) is 6.10 Å². The fourth-order valence-electron chi connectivity index (χ4n) is 3.38. The molecule has 2 aromatic heterocycles. The van der Waals surface area contributed by atoms with Gasteiger partial charge in [-0.3, -0.25) is 0 Å². The molecule has 0 fully saturated rings. The Morgan fingerprint density at radius 2 is 1.62 bits per heavy atom. The van der Waals surface area contributed by atoms with E-state index in [0.29, 0.717) is 23.8 Å². The zero-order valence-corrected chi connectivity index (χ0v) is 15.6. The van der Waals surface area contributed by atoms with Crippen molar-refractivity contribution in [1.29, 1.82) is 0 Å². The topological polar surface area (TPSA) is 75.3 Å². The summed E-state index contributed by atoms with van der Waals surface area (Å²) in [5, 5.41) is 29.1. The van der Waals surface area contributed by atoms with E-state index in [9.17, 15) is 5.11 Å². The maximum atomic E-state index is 10.6. The number of aromatic nitrogens is 4. The fraction of sp³-hybridized carbons (Fsp3) is 0.0870. The Morgan fingerprint density at radius 3 is 2.48 bits per heavy atom. The summed E-state index contributed by atoms with van der Waals surface area (Å²) in [6, 6.07) is 27.6. The number of fused-ring (bicyclic) bond motifs is 2. The van der Waals surface area contributed by atoms with Crippen LogP contribution in [0.2, 0.25) is 0 Å². The minimum atomic E-state index is -0.647. The van der Waals surface area contributed by atoms with E-state index in [4.69, 9.17) is 0 Å². The van der Waals surface area contributed by atoms with Crippen LogP contribution >= 0.6 is 0 Å². The molecule has 5 rings (SSSR count). The van der Waals surface area contributed by atoms with Crippen molar-refractivity contribution in [3.63, 3.8) is 0 Å². The van der Waals surface area contributed by atoms with Gasteiger partial charge in [0.15, 0.2) is 11.5 Å². The summed E-state index contributed by atoms with van der Waals surface area (Å²) < 4.78 is 1.71. The second kappa shape index (κ2) is 7.33. The van der Waals surface area contributed by atoms with E-state index in [2.05, 4.69) is 26.7 Å². The van der Waals surface area contributed by atoms with Gasteiger partial charge < -0.3 is 10.4 Å². The van der Waals surface area contributed by atoms with Gasteiger partial charge in [-0.05, 0) is 34.5 Å². The summed E-state index contributed by atoms with van der Waals surface area (Å²) in [5.41, 5.74) is 2.48. The third-order valence-electron chi connectivity index (χ3n) is 4.93. The van der Waals surface area contributed by atoms with Crippen molar-refractivity contribution in [2.24, 2.45) is 0 Å². The van der Waals surface area contributed by atoms with E-state index < -0.39 is 6.10 Å². The van der Waals surface area contributed by atoms with Gasteiger partial charge in [-0.1, -0.05) is 66.7 Å². The number of hydrogen-bond donors (Lipinski definition) is 2. The number of anilines is 1. The third kappa shape index (κ3) is 3.41. The van der Waals surface area contributed by atoms with Gasteiger partial charge in [0, 0.05) is 12.1 Å². The minimum Gasteiger partial charge on any atom is -0.387 e. The molecule has 0 spiro atoms. The van der Waals surface area contributed by atoms with E-state index in [-0.39, 0.29) is 0 Å². The van der Waals surface area contributed by atoms with Crippen LogP contribution in [-0.4, -0.2) is 31.5 Å². The molecule has 6 nitrogen and oxygen atoms in total. The van der Waals surface area contributed by atoms with Crippen molar-refractivity contribution in [1.82, 2.24) is 19.8 Å². The van der Waals surface area contributed by atoms with Crippen molar-refractivity contribution in [3.8, 4) is 11.4 Å². The number of rotatable bonds is 5. The summed E-state index contributed by atoms with van der Waals surface area (Å²) in [5.74, 6) is 1.33. The Hall–Kier alpha value is -3.77. The SMILES string of the molecule is OC(CNc1ccc2nnc(-c3ccccc3)n2n1)c1ccc2ccccc2c1. The van der Waals surface area contributed by atoms with Gasteiger partial charge in [-0.2, -0.15) is 4.52 Å². The second-order valence-corrected chi connectivity index (χ2v) is 6.88. The lowest BCUT2D eigenvalue weighted by molar-refractivity contribution is 0.191. The van der Waals surface area contributed by atoms with Crippen LogP contribution in [0.4, 0.5) is 5.82 Å². The molecule has 0 aliphatic carbocycles. The van der Waals surface area contributed by atoms with Crippen LogP contribution in [0.1, 0.15) is 11.7 Å². The molecule has 6 heteroatoms. The molecule has 2 heterocycles. The molecule has 3 aromatic carbocycles. The third-order valence-corrected chi connectivity index (χ3v) is 4.93. The maximum Gasteiger partial charge on any atom is 0.185 e. The van der Waals surface area contributed by atoms with Crippen molar-refractivity contribution in [2.75, 3.05) is 11.9 Å². The van der Waals surface area contributed by atoms with Crippen LogP contribution in [0.3, 0.4) is 0 Å². The first-order valence-corrected chi connectivity index (χ1v) is 9.46. The number of nitrogens with one attached hydrogen (secondary N) is 1. The van der Waals surface area contributed by atoms with Crippen LogP contribution in [0.25, 0.3) is 27.8 Å². The van der Waals surface area contributed by atoms with Gasteiger partial charge in [-0.25, -0.2) is 0 Å². The van der Waals surface area contributed by atoms with Crippen LogP contribution in [0.5, 0.6) is 0 Å². The molecular formula is C23H19N5O. The maximum absolute atomic E-state index is 10.6. The molecule has 0 amide bonds. The quantitative estimate of drug-likeness (QED) is 0.480. The summed E-state index contributed by atoms with van der Waals surface area (Å²) in [4.78, 5) is 0. The molecule has 2 N–H and O–H groups in total. The molecule has 0 aliphatic heterocycles. The van der Waals surface area contributed by atoms with Gasteiger partial charge in [-0.15, -0.1) is 15.3 Å². The first-order valence-electron chi connectivity index (χ1n) is 9.46. The van der Waals surface area contributed by atoms with Crippen LogP contribution in [-0.2, 0) is 0 Å². The van der Waals surface area contributed by atoms with Crippen LogP contribution < -0.4 is 5.32 Å². The minimum absolute atomic E-state index is 0.347. The smallest absolute Gasteiger partial charge is 0.185 e. The lowest BCUT2D eigenvalue weighted by Crippen LogP contribution is -2.14. The Bertz CT molecular complexity index is 1280. The molecule has 5 aromatic rings. The van der Waals surface area contributed by atoms with Crippen molar-refractivity contribution in [3.05, 3.63) is 90.5 Å². The van der Waals surface area contributed by atoms with Gasteiger partial charge >= 0.3 is 0 Å². The zero-order chi connectivity index (χ0) is 19.6. The van der Waals surface area contributed by atoms with Crippen molar-refractivity contribution < 1.29 is 5.11 Å². The first kappa shape index (κ1) is 17.3. The average molecular weight is 381 g/mol. The first-order chi connectivity index (χ1) is 14.3. The fourth-order valence-corrected chi connectivity index (χ4v) is 3.38. The Labute approximate surface area is 167 Å². The second-order valence-electron chi connectivity index (χ2n) is 6.88. The average Bonchev–Trinajstić information content (AvgIpc) is 3.21. The molecule has 142 valence electrons. The number of aliphatic hydroxyl groups is 1. The lowest BCUT2D eigenvalue weighted by atomic mass is 10.0. The normalized spacial score (nSPS) is 12.3. The highest BCUT2D eigenvalue weighted by molar-refractivity contribution is 5.83. The molecule has 0 radical (unpaired) electrons. The molecule has 1 unspecified atom stereocenters. The summed E-state index contributed by atoms with van der Waals surface area (Å²) in [6.45, 7) is 0.347. The largest absolute Gasteiger partial charge is 0.387 e. The zero-order valence-electron chi connectivity index (χ0n) is 15.6. The van der Waals surface area contributed by atoms with Crippen molar-refractivity contribution in [2.45, 2.75) is 6.10 Å². The molecule has 0 saturated carbocycles. The van der Waals surface area contributed by atoms with Crippen LogP contribution in [0, 0.1) is 0 Å².